The minimum absolute atomic E-state index is 0.00905. The number of pyridine rings is 1. The molecule has 0 aliphatic heterocycles. The number of fused-ring (bicyclic) bond motifs is 1. The Morgan fingerprint density at radius 3 is 2.71 bits per heavy atom. The summed E-state index contributed by atoms with van der Waals surface area (Å²) in [7, 11) is 0. The zero-order valence-corrected chi connectivity index (χ0v) is 10.3. The molecular weight excluding hydrogens is 212 g/mol. The Morgan fingerprint density at radius 2 is 2.00 bits per heavy atom. The van der Waals surface area contributed by atoms with Crippen LogP contribution in [0.5, 0.6) is 0 Å². The van der Waals surface area contributed by atoms with Crippen LogP contribution in [0.2, 0.25) is 0 Å². The highest BCUT2D eigenvalue weighted by Gasteiger charge is 2.18. The molecule has 17 heavy (non-hydrogen) atoms. The summed E-state index contributed by atoms with van der Waals surface area (Å²) in [5.41, 5.74) is 7.34. The summed E-state index contributed by atoms with van der Waals surface area (Å²) in [5.74, 6) is 0. The van der Waals surface area contributed by atoms with E-state index >= 15 is 0 Å². The fourth-order valence-electron chi connectivity index (χ4n) is 1.91. The Morgan fingerprint density at radius 1 is 1.29 bits per heavy atom. The molecule has 0 fully saturated rings. The molecule has 0 aliphatic carbocycles. The zero-order chi connectivity index (χ0) is 12.5. The fourth-order valence-corrected chi connectivity index (χ4v) is 1.91. The molecule has 0 radical (unpaired) electrons. The average Bonchev–Trinajstić information content (AvgIpc) is 2.30. The van der Waals surface area contributed by atoms with Crippen molar-refractivity contribution in [3.05, 3.63) is 46.2 Å². The van der Waals surface area contributed by atoms with Crippen LogP contribution in [0.15, 0.2) is 35.1 Å². The average molecular weight is 230 g/mol. The van der Waals surface area contributed by atoms with Crippen LogP contribution in [-0.4, -0.2) is 11.5 Å². The van der Waals surface area contributed by atoms with E-state index in [0.29, 0.717) is 13.0 Å². The molecule has 2 rings (SSSR count). The predicted octanol–water partition coefficient (Wildman–Crippen LogP) is 2.06. The van der Waals surface area contributed by atoms with E-state index in [-0.39, 0.29) is 11.0 Å². The van der Waals surface area contributed by atoms with Gasteiger partial charge in [-0.15, -0.1) is 0 Å². The number of para-hydroxylation sites is 1. The highest BCUT2D eigenvalue weighted by Crippen LogP contribution is 2.20. The van der Waals surface area contributed by atoms with Crippen molar-refractivity contribution in [2.75, 3.05) is 6.54 Å². The second kappa shape index (κ2) is 4.34. The third-order valence-electron chi connectivity index (χ3n) is 3.05. The van der Waals surface area contributed by atoms with Crippen molar-refractivity contribution < 1.29 is 0 Å². The van der Waals surface area contributed by atoms with Gasteiger partial charge in [0.25, 0.3) is 5.56 Å². The molecular formula is C14H18N2O. The SMILES string of the molecule is CC(C)(CN)Cc1cc2ccccc2[nH]c1=O. The van der Waals surface area contributed by atoms with Gasteiger partial charge in [0.15, 0.2) is 0 Å². The smallest absolute Gasteiger partial charge is 0.251 e. The maximum absolute atomic E-state index is 11.9. The van der Waals surface area contributed by atoms with Gasteiger partial charge in [-0.05, 0) is 35.9 Å². The largest absolute Gasteiger partial charge is 0.330 e. The first-order valence-electron chi connectivity index (χ1n) is 5.83. The van der Waals surface area contributed by atoms with Crippen LogP contribution < -0.4 is 11.3 Å². The molecule has 0 bridgehead atoms. The molecule has 2 aromatic rings. The first-order valence-corrected chi connectivity index (χ1v) is 5.83. The standard InChI is InChI=1S/C14H18N2O/c1-14(2,9-15)8-11-7-10-5-3-4-6-12(10)16-13(11)17/h3-7H,8-9,15H2,1-2H3,(H,16,17). The van der Waals surface area contributed by atoms with Crippen LogP contribution in [-0.2, 0) is 6.42 Å². The molecule has 0 unspecified atom stereocenters. The van der Waals surface area contributed by atoms with Crippen LogP contribution in [0.25, 0.3) is 10.9 Å². The third kappa shape index (κ3) is 2.56. The van der Waals surface area contributed by atoms with Crippen molar-refractivity contribution in [2.24, 2.45) is 11.1 Å². The molecule has 1 aromatic heterocycles. The number of nitrogens with one attached hydrogen (secondary N) is 1. The molecule has 3 N–H and O–H groups in total. The van der Waals surface area contributed by atoms with Gasteiger partial charge in [-0.25, -0.2) is 0 Å². The minimum atomic E-state index is -0.0462. The van der Waals surface area contributed by atoms with Gasteiger partial charge in [-0.2, -0.15) is 0 Å². The molecule has 90 valence electrons. The quantitative estimate of drug-likeness (QED) is 0.847. The van der Waals surface area contributed by atoms with E-state index < -0.39 is 0 Å². The second-order valence-corrected chi connectivity index (χ2v) is 5.26. The van der Waals surface area contributed by atoms with E-state index in [1.165, 1.54) is 0 Å². The van der Waals surface area contributed by atoms with E-state index in [1.807, 2.05) is 30.3 Å². The maximum Gasteiger partial charge on any atom is 0.251 e. The van der Waals surface area contributed by atoms with Crippen LogP contribution >= 0.6 is 0 Å². The number of rotatable bonds is 3. The van der Waals surface area contributed by atoms with Crippen LogP contribution in [0, 0.1) is 5.41 Å². The molecule has 1 heterocycles. The van der Waals surface area contributed by atoms with Gasteiger partial charge in [-0.3, -0.25) is 4.79 Å². The van der Waals surface area contributed by atoms with Gasteiger partial charge in [-0.1, -0.05) is 32.0 Å². The first-order chi connectivity index (χ1) is 8.02. The number of aromatic amines is 1. The topological polar surface area (TPSA) is 58.9 Å². The second-order valence-electron chi connectivity index (χ2n) is 5.26. The van der Waals surface area contributed by atoms with Gasteiger partial charge >= 0.3 is 0 Å². The molecule has 0 aliphatic rings. The van der Waals surface area contributed by atoms with Crippen molar-refractivity contribution in [3.63, 3.8) is 0 Å². The molecule has 0 saturated carbocycles. The lowest BCUT2D eigenvalue weighted by molar-refractivity contribution is 0.375. The number of aromatic nitrogens is 1. The Kier molecular flexibility index (Phi) is 3.03. The van der Waals surface area contributed by atoms with Gasteiger partial charge < -0.3 is 10.7 Å². The Hall–Kier alpha value is -1.61. The fraction of sp³-hybridized carbons (Fsp3) is 0.357. The van der Waals surface area contributed by atoms with Gasteiger partial charge in [0, 0.05) is 11.1 Å². The monoisotopic (exact) mass is 230 g/mol. The van der Waals surface area contributed by atoms with Crippen molar-refractivity contribution in [2.45, 2.75) is 20.3 Å². The highest BCUT2D eigenvalue weighted by atomic mass is 16.1. The molecule has 0 amide bonds. The van der Waals surface area contributed by atoms with Crippen molar-refractivity contribution >= 4 is 10.9 Å². The summed E-state index contributed by atoms with van der Waals surface area (Å²) in [6, 6.07) is 9.77. The highest BCUT2D eigenvalue weighted by molar-refractivity contribution is 5.78. The van der Waals surface area contributed by atoms with Crippen LogP contribution in [0.4, 0.5) is 0 Å². The lowest BCUT2D eigenvalue weighted by atomic mass is 9.86. The minimum Gasteiger partial charge on any atom is -0.330 e. The predicted molar refractivity (Wildman–Crippen MR) is 71.1 cm³/mol. The normalized spacial score (nSPS) is 11.9. The summed E-state index contributed by atoms with van der Waals surface area (Å²) in [6.07, 6.45) is 0.698. The van der Waals surface area contributed by atoms with E-state index in [4.69, 9.17) is 5.73 Å². The van der Waals surface area contributed by atoms with Gasteiger partial charge in [0.05, 0.1) is 0 Å². The summed E-state index contributed by atoms with van der Waals surface area (Å²) in [5, 5.41) is 1.06. The van der Waals surface area contributed by atoms with E-state index in [9.17, 15) is 4.79 Å². The van der Waals surface area contributed by atoms with Crippen molar-refractivity contribution in [1.82, 2.24) is 4.98 Å². The molecule has 3 heteroatoms. The number of nitrogens with two attached hydrogens (primary N) is 1. The number of hydrogen-bond donors (Lipinski definition) is 2. The molecule has 0 atom stereocenters. The lowest BCUT2D eigenvalue weighted by Crippen LogP contribution is -2.28. The molecule has 3 nitrogen and oxygen atoms in total. The number of H-pyrrole nitrogens is 1. The van der Waals surface area contributed by atoms with Crippen molar-refractivity contribution in [3.8, 4) is 0 Å². The van der Waals surface area contributed by atoms with E-state index in [1.54, 1.807) is 0 Å². The Labute approximate surface area is 101 Å². The Bertz CT molecular complexity index is 584. The summed E-state index contributed by atoms with van der Waals surface area (Å²) < 4.78 is 0. The van der Waals surface area contributed by atoms with Gasteiger partial charge in [0.1, 0.15) is 0 Å². The van der Waals surface area contributed by atoms with Crippen LogP contribution in [0.1, 0.15) is 19.4 Å². The van der Waals surface area contributed by atoms with Gasteiger partial charge in [0.2, 0.25) is 0 Å². The lowest BCUT2D eigenvalue weighted by Gasteiger charge is -2.21. The van der Waals surface area contributed by atoms with E-state index in [2.05, 4.69) is 18.8 Å². The number of hydrogen-bond acceptors (Lipinski definition) is 2. The third-order valence-corrected chi connectivity index (χ3v) is 3.05. The molecule has 0 spiro atoms. The summed E-state index contributed by atoms with van der Waals surface area (Å²) >= 11 is 0. The molecule has 1 aromatic carbocycles. The van der Waals surface area contributed by atoms with Crippen LogP contribution in [0.3, 0.4) is 0 Å². The summed E-state index contributed by atoms with van der Waals surface area (Å²) in [4.78, 5) is 14.8. The summed E-state index contributed by atoms with van der Waals surface area (Å²) in [6.45, 7) is 4.71. The first kappa shape index (κ1) is 11.9. The maximum atomic E-state index is 11.9. The Balaban J connectivity index is 2.48. The zero-order valence-electron chi connectivity index (χ0n) is 10.3. The van der Waals surface area contributed by atoms with Crippen molar-refractivity contribution in [1.29, 1.82) is 0 Å². The van der Waals surface area contributed by atoms with E-state index in [0.717, 1.165) is 16.5 Å². The molecule has 0 saturated heterocycles. The number of benzene rings is 1.